The van der Waals surface area contributed by atoms with Crippen molar-refractivity contribution in [2.24, 2.45) is 0 Å². The number of hydrogen-bond acceptors (Lipinski definition) is 3. The van der Waals surface area contributed by atoms with E-state index in [9.17, 15) is 4.79 Å². The third-order valence-corrected chi connectivity index (χ3v) is 2.28. The molecule has 1 N–H and O–H groups in total. The Hall–Kier alpha value is -1.36. The average Bonchev–Trinajstić information content (AvgIpc) is 2.68. The number of rotatable bonds is 2. The molecule has 2 heterocycles. The maximum absolute atomic E-state index is 10.6. The third-order valence-electron chi connectivity index (χ3n) is 2.28. The molecule has 1 aromatic heterocycles. The average molecular weight is 196 g/mol. The monoisotopic (exact) mass is 196 g/mol. The molecule has 76 valence electrons. The van der Waals surface area contributed by atoms with Crippen molar-refractivity contribution in [2.75, 3.05) is 6.61 Å². The van der Waals surface area contributed by atoms with Crippen LogP contribution in [0.3, 0.4) is 0 Å². The SMILES string of the molecule is O=C(O)c1ccn([C@H]2CCCCO2)n1. The molecule has 1 aliphatic heterocycles. The van der Waals surface area contributed by atoms with Crippen molar-refractivity contribution in [1.29, 1.82) is 0 Å². The number of aromatic carboxylic acids is 1. The van der Waals surface area contributed by atoms with Crippen molar-refractivity contribution >= 4 is 5.97 Å². The van der Waals surface area contributed by atoms with Gasteiger partial charge in [0.2, 0.25) is 0 Å². The van der Waals surface area contributed by atoms with E-state index in [-0.39, 0.29) is 11.9 Å². The molecule has 2 rings (SSSR count). The van der Waals surface area contributed by atoms with Crippen LogP contribution in [0.15, 0.2) is 12.3 Å². The number of ether oxygens (including phenoxy) is 1. The molecule has 0 saturated carbocycles. The Labute approximate surface area is 81.3 Å². The van der Waals surface area contributed by atoms with Crippen LogP contribution in [-0.4, -0.2) is 27.5 Å². The fourth-order valence-corrected chi connectivity index (χ4v) is 1.54. The van der Waals surface area contributed by atoms with Crippen molar-refractivity contribution in [3.8, 4) is 0 Å². The van der Waals surface area contributed by atoms with Gasteiger partial charge < -0.3 is 9.84 Å². The molecule has 0 aromatic carbocycles. The topological polar surface area (TPSA) is 64.3 Å². The molecule has 1 atom stereocenters. The Morgan fingerprint density at radius 1 is 1.64 bits per heavy atom. The van der Waals surface area contributed by atoms with Crippen molar-refractivity contribution < 1.29 is 14.6 Å². The van der Waals surface area contributed by atoms with Gasteiger partial charge in [-0.15, -0.1) is 0 Å². The van der Waals surface area contributed by atoms with Crippen molar-refractivity contribution in [3.05, 3.63) is 18.0 Å². The van der Waals surface area contributed by atoms with Crippen molar-refractivity contribution in [2.45, 2.75) is 25.5 Å². The fraction of sp³-hybridized carbons (Fsp3) is 0.556. The van der Waals surface area contributed by atoms with Gasteiger partial charge in [-0.25, -0.2) is 9.48 Å². The van der Waals surface area contributed by atoms with Gasteiger partial charge in [-0.1, -0.05) is 0 Å². The lowest BCUT2D eigenvalue weighted by molar-refractivity contribution is -0.0396. The first-order chi connectivity index (χ1) is 6.77. The van der Waals surface area contributed by atoms with Gasteiger partial charge >= 0.3 is 5.97 Å². The Morgan fingerprint density at radius 3 is 3.07 bits per heavy atom. The normalized spacial score (nSPS) is 22.1. The van der Waals surface area contributed by atoms with Gasteiger partial charge in [0, 0.05) is 12.8 Å². The molecule has 0 unspecified atom stereocenters. The molecule has 1 aromatic rings. The summed E-state index contributed by atoms with van der Waals surface area (Å²) < 4.78 is 7.05. The summed E-state index contributed by atoms with van der Waals surface area (Å²) in [7, 11) is 0. The summed E-state index contributed by atoms with van der Waals surface area (Å²) in [6.07, 6.45) is 4.65. The van der Waals surface area contributed by atoms with Gasteiger partial charge in [-0.2, -0.15) is 5.10 Å². The minimum absolute atomic E-state index is 0.0687. The van der Waals surface area contributed by atoms with E-state index in [0.717, 1.165) is 25.9 Å². The van der Waals surface area contributed by atoms with Gasteiger partial charge in [0.25, 0.3) is 0 Å². The minimum atomic E-state index is -1.00. The first-order valence-electron chi connectivity index (χ1n) is 4.67. The maximum Gasteiger partial charge on any atom is 0.356 e. The molecular weight excluding hydrogens is 184 g/mol. The number of carboxylic acid groups (broad SMARTS) is 1. The van der Waals surface area contributed by atoms with E-state index in [1.807, 2.05) is 0 Å². The summed E-state index contributed by atoms with van der Waals surface area (Å²) in [6, 6.07) is 1.49. The largest absolute Gasteiger partial charge is 0.476 e. The van der Waals surface area contributed by atoms with Crippen LogP contribution in [0.25, 0.3) is 0 Å². The molecule has 1 aliphatic rings. The zero-order valence-corrected chi connectivity index (χ0v) is 7.72. The van der Waals surface area contributed by atoms with E-state index in [1.165, 1.54) is 6.07 Å². The summed E-state index contributed by atoms with van der Waals surface area (Å²) >= 11 is 0. The number of aromatic nitrogens is 2. The summed E-state index contributed by atoms with van der Waals surface area (Å²) in [5, 5.41) is 12.6. The summed E-state index contributed by atoms with van der Waals surface area (Å²) in [4.78, 5) is 10.6. The molecule has 14 heavy (non-hydrogen) atoms. The number of hydrogen-bond donors (Lipinski definition) is 1. The van der Waals surface area contributed by atoms with Crippen molar-refractivity contribution in [3.63, 3.8) is 0 Å². The van der Waals surface area contributed by atoms with Crippen LogP contribution in [0.5, 0.6) is 0 Å². The molecule has 0 aliphatic carbocycles. The molecule has 0 radical (unpaired) electrons. The van der Waals surface area contributed by atoms with Crippen LogP contribution in [0.1, 0.15) is 36.0 Å². The van der Waals surface area contributed by atoms with E-state index >= 15 is 0 Å². The van der Waals surface area contributed by atoms with Crippen LogP contribution in [-0.2, 0) is 4.74 Å². The number of carbonyl (C=O) groups is 1. The standard InChI is InChI=1S/C9H12N2O3/c12-9(13)7-4-5-11(10-7)8-3-1-2-6-14-8/h4-5,8H,1-3,6H2,(H,12,13)/t8-/m1/s1. The lowest BCUT2D eigenvalue weighted by Crippen LogP contribution is -2.18. The smallest absolute Gasteiger partial charge is 0.356 e. The van der Waals surface area contributed by atoms with Gasteiger partial charge in [0.05, 0.1) is 0 Å². The van der Waals surface area contributed by atoms with Crippen LogP contribution in [0, 0.1) is 0 Å². The first kappa shape index (κ1) is 9.21. The van der Waals surface area contributed by atoms with Crippen LogP contribution < -0.4 is 0 Å². The van der Waals surface area contributed by atoms with E-state index in [1.54, 1.807) is 10.9 Å². The molecule has 0 amide bonds. The molecular formula is C9H12N2O3. The molecule has 0 bridgehead atoms. The predicted octanol–water partition coefficient (Wildman–Crippen LogP) is 1.28. The highest BCUT2D eigenvalue weighted by atomic mass is 16.5. The molecule has 5 nitrogen and oxygen atoms in total. The van der Waals surface area contributed by atoms with E-state index in [2.05, 4.69) is 5.10 Å². The molecule has 1 fully saturated rings. The van der Waals surface area contributed by atoms with Crippen LogP contribution >= 0.6 is 0 Å². The Bertz CT molecular complexity index is 329. The van der Waals surface area contributed by atoms with E-state index < -0.39 is 5.97 Å². The fourth-order valence-electron chi connectivity index (χ4n) is 1.54. The lowest BCUT2D eigenvalue weighted by atomic mass is 10.2. The second-order valence-corrected chi connectivity index (χ2v) is 3.31. The highest BCUT2D eigenvalue weighted by molar-refractivity contribution is 5.85. The Kier molecular flexibility index (Phi) is 2.49. The Morgan fingerprint density at radius 2 is 2.50 bits per heavy atom. The summed E-state index contributed by atoms with van der Waals surface area (Å²) in [5.74, 6) is -1.00. The summed E-state index contributed by atoms with van der Waals surface area (Å²) in [6.45, 7) is 0.729. The maximum atomic E-state index is 10.6. The van der Waals surface area contributed by atoms with Gasteiger partial charge in [0.1, 0.15) is 6.23 Å². The highest BCUT2D eigenvalue weighted by Crippen LogP contribution is 2.21. The van der Waals surface area contributed by atoms with E-state index in [4.69, 9.17) is 9.84 Å². The second-order valence-electron chi connectivity index (χ2n) is 3.31. The van der Waals surface area contributed by atoms with Crippen LogP contribution in [0.4, 0.5) is 0 Å². The molecule has 1 saturated heterocycles. The van der Waals surface area contributed by atoms with Crippen molar-refractivity contribution in [1.82, 2.24) is 9.78 Å². The third kappa shape index (κ3) is 1.77. The van der Waals surface area contributed by atoms with E-state index in [0.29, 0.717) is 0 Å². The zero-order chi connectivity index (χ0) is 9.97. The quantitative estimate of drug-likeness (QED) is 0.773. The second kappa shape index (κ2) is 3.79. The molecule has 0 spiro atoms. The van der Waals surface area contributed by atoms with Gasteiger partial charge in [-0.3, -0.25) is 0 Å². The van der Waals surface area contributed by atoms with Gasteiger partial charge in [-0.05, 0) is 25.3 Å². The lowest BCUT2D eigenvalue weighted by Gasteiger charge is -2.22. The zero-order valence-electron chi connectivity index (χ0n) is 7.72. The molecule has 5 heteroatoms. The Balaban J connectivity index is 2.11. The van der Waals surface area contributed by atoms with Gasteiger partial charge in [0.15, 0.2) is 5.69 Å². The number of nitrogens with zero attached hydrogens (tertiary/aromatic N) is 2. The van der Waals surface area contributed by atoms with Crippen LogP contribution in [0.2, 0.25) is 0 Å². The predicted molar refractivity (Wildman–Crippen MR) is 48.0 cm³/mol. The minimum Gasteiger partial charge on any atom is -0.476 e. The first-order valence-corrected chi connectivity index (χ1v) is 4.67. The summed E-state index contributed by atoms with van der Waals surface area (Å²) in [5.41, 5.74) is 0.0687. The number of carboxylic acids is 1. The highest BCUT2D eigenvalue weighted by Gasteiger charge is 2.17.